The summed E-state index contributed by atoms with van der Waals surface area (Å²) in [5, 5.41) is 4.38. The van der Waals surface area contributed by atoms with Crippen molar-refractivity contribution in [2.24, 2.45) is 0 Å². The standard InChI is InChI=1S/C22H30N4O3S2/c1-2-9-26-21(28)19-16-6-3-4-7-17(16)31-20(19)24-22(26)30-15-18(27)23-8-5-10-25-11-13-29-14-12-25/h2H,1,3-15H2,(H,23,27)/p+1. The van der Waals surface area contributed by atoms with Crippen LogP contribution in [-0.2, 0) is 28.9 Å². The van der Waals surface area contributed by atoms with Gasteiger partial charge in [0.05, 0.1) is 30.9 Å². The van der Waals surface area contributed by atoms with Crippen molar-refractivity contribution in [1.29, 1.82) is 0 Å². The second-order valence-electron chi connectivity index (χ2n) is 8.09. The van der Waals surface area contributed by atoms with Crippen LogP contribution in [0.2, 0.25) is 0 Å². The Bertz CT molecular complexity index is 995. The first-order chi connectivity index (χ1) is 15.2. The topological polar surface area (TPSA) is 77.7 Å². The van der Waals surface area contributed by atoms with Crippen molar-refractivity contribution in [3.8, 4) is 0 Å². The second-order valence-corrected chi connectivity index (χ2v) is 10.1. The van der Waals surface area contributed by atoms with Gasteiger partial charge in [-0.3, -0.25) is 14.2 Å². The molecule has 4 rings (SSSR count). The van der Waals surface area contributed by atoms with E-state index in [1.807, 2.05) is 0 Å². The Morgan fingerprint density at radius 2 is 2.13 bits per heavy atom. The maximum Gasteiger partial charge on any atom is 0.263 e. The molecule has 0 atom stereocenters. The Kier molecular flexibility index (Phi) is 7.81. The summed E-state index contributed by atoms with van der Waals surface area (Å²) in [7, 11) is 0. The predicted octanol–water partition coefficient (Wildman–Crippen LogP) is 1.04. The lowest BCUT2D eigenvalue weighted by Gasteiger charge is -2.23. The number of hydrogen-bond acceptors (Lipinski definition) is 6. The number of nitrogens with one attached hydrogen (secondary N) is 2. The van der Waals surface area contributed by atoms with Gasteiger partial charge in [0.1, 0.15) is 17.9 Å². The smallest absolute Gasteiger partial charge is 0.263 e. The minimum Gasteiger partial charge on any atom is -0.370 e. The van der Waals surface area contributed by atoms with E-state index in [0.29, 0.717) is 18.2 Å². The second kappa shape index (κ2) is 10.8. The number of aromatic nitrogens is 2. The van der Waals surface area contributed by atoms with Gasteiger partial charge in [-0.2, -0.15) is 0 Å². The van der Waals surface area contributed by atoms with Crippen molar-refractivity contribution in [2.45, 2.75) is 43.8 Å². The fourth-order valence-electron chi connectivity index (χ4n) is 4.28. The molecule has 1 fully saturated rings. The van der Waals surface area contributed by atoms with Crippen LogP contribution in [0.5, 0.6) is 0 Å². The van der Waals surface area contributed by atoms with Gasteiger partial charge in [0.2, 0.25) is 5.91 Å². The largest absolute Gasteiger partial charge is 0.370 e. The molecule has 0 aromatic carbocycles. The highest BCUT2D eigenvalue weighted by Gasteiger charge is 2.22. The molecule has 0 radical (unpaired) electrons. The zero-order valence-electron chi connectivity index (χ0n) is 17.9. The molecule has 168 valence electrons. The van der Waals surface area contributed by atoms with E-state index in [9.17, 15) is 9.59 Å². The third kappa shape index (κ3) is 5.39. The first kappa shape index (κ1) is 22.5. The molecular formula is C22H31N4O3S2+. The summed E-state index contributed by atoms with van der Waals surface area (Å²) in [6.45, 7) is 9.67. The van der Waals surface area contributed by atoms with Crippen LogP contribution in [0.1, 0.15) is 29.7 Å². The zero-order valence-corrected chi connectivity index (χ0v) is 19.5. The van der Waals surface area contributed by atoms with Gasteiger partial charge in [0, 0.05) is 24.4 Å². The maximum atomic E-state index is 13.2. The molecular weight excluding hydrogens is 432 g/mol. The number of ether oxygens (including phenoxy) is 1. The van der Waals surface area contributed by atoms with Crippen molar-refractivity contribution in [2.75, 3.05) is 45.1 Å². The highest BCUT2D eigenvalue weighted by atomic mass is 32.2. The lowest BCUT2D eigenvalue weighted by Crippen LogP contribution is -3.14. The van der Waals surface area contributed by atoms with Crippen LogP contribution >= 0.6 is 23.1 Å². The summed E-state index contributed by atoms with van der Waals surface area (Å²) in [5.74, 6) is 0.233. The first-order valence-electron chi connectivity index (χ1n) is 11.1. The molecule has 0 spiro atoms. The Morgan fingerprint density at radius 3 is 2.94 bits per heavy atom. The van der Waals surface area contributed by atoms with E-state index in [1.165, 1.54) is 28.6 Å². The highest BCUT2D eigenvalue weighted by molar-refractivity contribution is 7.99. The van der Waals surface area contributed by atoms with Crippen LogP contribution in [0.3, 0.4) is 0 Å². The number of quaternary nitrogens is 1. The van der Waals surface area contributed by atoms with Gasteiger partial charge < -0.3 is 15.0 Å². The van der Waals surface area contributed by atoms with E-state index in [-0.39, 0.29) is 17.2 Å². The molecule has 31 heavy (non-hydrogen) atoms. The molecule has 1 aliphatic heterocycles. The van der Waals surface area contributed by atoms with Gasteiger partial charge >= 0.3 is 0 Å². The predicted molar refractivity (Wildman–Crippen MR) is 125 cm³/mol. The van der Waals surface area contributed by atoms with Crippen molar-refractivity contribution < 1.29 is 14.4 Å². The SMILES string of the molecule is C=CCn1c(SCC(=O)NCCC[NH+]2CCOCC2)nc2sc3c(c2c1=O)CCCC3. The highest BCUT2D eigenvalue weighted by Crippen LogP contribution is 2.34. The van der Waals surface area contributed by atoms with Crippen LogP contribution in [-0.4, -0.2) is 60.6 Å². The number of hydrogen-bond donors (Lipinski definition) is 2. The van der Waals surface area contributed by atoms with Crippen LogP contribution in [0.4, 0.5) is 0 Å². The number of amides is 1. The molecule has 2 aliphatic rings. The van der Waals surface area contributed by atoms with Crippen molar-refractivity contribution >= 4 is 39.2 Å². The quantitative estimate of drug-likeness (QED) is 0.251. The van der Waals surface area contributed by atoms with Gasteiger partial charge in [-0.15, -0.1) is 17.9 Å². The van der Waals surface area contributed by atoms with Crippen LogP contribution in [0.25, 0.3) is 10.2 Å². The first-order valence-corrected chi connectivity index (χ1v) is 12.9. The number of allylic oxidation sites excluding steroid dienone is 1. The average molecular weight is 464 g/mol. The van der Waals surface area contributed by atoms with Gasteiger partial charge in [-0.25, -0.2) is 4.98 Å². The van der Waals surface area contributed by atoms with Crippen molar-refractivity contribution in [1.82, 2.24) is 14.9 Å². The number of morpholine rings is 1. The third-order valence-corrected chi connectivity index (χ3v) is 8.08. The van der Waals surface area contributed by atoms with Gasteiger partial charge in [-0.1, -0.05) is 17.8 Å². The molecule has 3 heterocycles. The summed E-state index contributed by atoms with van der Waals surface area (Å²) in [6, 6.07) is 0. The number of carbonyl (C=O) groups is 1. The van der Waals surface area contributed by atoms with E-state index >= 15 is 0 Å². The number of rotatable bonds is 9. The minimum atomic E-state index is -0.0213. The summed E-state index contributed by atoms with van der Waals surface area (Å²) < 4.78 is 7.04. The lowest BCUT2D eigenvalue weighted by atomic mass is 9.97. The van der Waals surface area contributed by atoms with E-state index < -0.39 is 0 Å². The summed E-state index contributed by atoms with van der Waals surface area (Å²) in [6.07, 6.45) is 6.97. The molecule has 2 N–H and O–H groups in total. The number of thiophene rings is 1. The fourth-order valence-corrected chi connectivity index (χ4v) is 6.42. The Hall–Kier alpha value is -1.68. The molecule has 9 heteroatoms. The van der Waals surface area contributed by atoms with E-state index in [4.69, 9.17) is 9.72 Å². The molecule has 1 amide bonds. The molecule has 0 bridgehead atoms. The fraction of sp³-hybridized carbons (Fsp3) is 0.591. The minimum absolute atomic E-state index is 0.000643. The molecule has 0 unspecified atom stereocenters. The molecule has 2 aromatic rings. The maximum absolute atomic E-state index is 13.2. The summed E-state index contributed by atoms with van der Waals surface area (Å²) >= 11 is 2.98. The monoisotopic (exact) mass is 463 g/mol. The number of nitrogens with zero attached hydrogens (tertiary/aromatic N) is 2. The lowest BCUT2D eigenvalue weighted by molar-refractivity contribution is -0.908. The zero-order chi connectivity index (χ0) is 21.6. The number of carbonyl (C=O) groups excluding carboxylic acids is 1. The van der Waals surface area contributed by atoms with Gasteiger partial charge in [0.25, 0.3) is 5.56 Å². The number of fused-ring (bicyclic) bond motifs is 3. The Morgan fingerprint density at radius 1 is 1.32 bits per heavy atom. The molecule has 1 aliphatic carbocycles. The summed E-state index contributed by atoms with van der Waals surface area (Å²) in [4.78, 5) is 34.0. The van der Waals surface area contributed by atoms with E-state index in [1.54, 1.807) is 26.9 Å². The van der Waals surface area contributed by atoms with Crippen molar-refractivity contribution in [3.63, 3.8) is 0 Å². The third-order valence-electron chi connectivity index (χ3n) is 5.91. The van der Waals surface area contributed by atoms with Crippen molar-refractivity contribution in [3.05, 3.63) is 33.4 Å². The van der Waals surface area contributed by atoms with Crippen LogP contribution < -0.4 is 15.8 Å². The molecule has 7 nitrogen and oxygen atoms in total. The molecule has 2 aromatic heterocycles. The summed E-state index contributed by atoms with van der Waals surface area (Å²) in [5.41, 5.74) is 1.19. The molecule has 0 saturated carbocycles. The number of thioether (sulfide) groups is 1. The van der Waals surface area contributed by atoms with Crippen LogP contribution in [0, 0.1) is 0 Å². The average Bonchev–Trinajstić information content (AvgIpc) is 3.17. The van der Waals surface area contributed by atoms with E-state index in [2.05, 4.69) is 11.9 Å². The Balaban J connectivity index is 1.38. The normalized spacial score (nSPS) is 16.9. The van der Waals surface area contributed by atoms with Gasteiger partial charge in [-0.05, 0) is 31.2 Å². The molecule has 1 saturated heterocycles. The van der Waals surface area contributed by atoms with E-state index in [0.717, 1.165) is 68.7 Å². The van der Waals surface area contributed by atoms with Gasteiger partial charge in [0.15, 0.2) is 5.16 Å². The number of aryl methyl sites for hydroxylation is 2. The van der Waals surface area contributed by atoms with Crippen LogP contribution in [0.15, 0.2) is 22.6 Å². The Labute approximate surface area is 190 Å².